The lowest BCUT2D eigenvalue weighted by atomic mass is 10.0. The van der Waals surface area contributed by atoms with Crippen LogP contribution in [-0.2, 0) is 4.79 Å². The Balaban J connectivity index is 1.80. The summed E-state index contributed by atoms with van der Waals surface area (Å²) >= 11 is 1.40. The summed E-state index contributed by atoms with van der Waals surface area (Å²) in [4.78, 5) is 28.1. The summed E-state index contributed by atoms with van der Waals surface area (Å²) in [5, 5.41) is 4.85. The predicted octanol–water partition coefficient (Wildman–Crippen LogP) is 3.71. The molecule has 0 aliphatic carbocycles. The number of piperidine rings is 1. The number of nitrogens with zero attached hydrogens (tertiary/aromatic N) is 1. The molecule has 0 bridgehead atoms. The van der Waals surface area contributed by atoms with E-state index in [1.54, 1.807) is 31.3 Å². The molecule has 7 heteroatoms. The molecule has 1 aromatic heterocycles. The summed E-state index contributed by atoms with van der Waals surface area (Å²) in [6.07, 6.45) is 2.50. The summed E-state index contributed by atoms with van der Waals surface area (Å²) in [7, 11) is 3.13. The van der Waals surface area contributed by atoms with Crippen LogP contribution in [0.2, 0.25) is 0 Å². The summed E-state index contributed by atoms with van der Waals surface area (Å²) in [6.45, 7) is 2.49. The van der Waals surface area contributed by atoms with Gasteiger partial charge in [-0.15, -0.1) is 11.3 Å². The molecule has 2 aromatic rings. The number of amides is 2. The molecule has 6 nitrogen and oxygen atoms in total. The standard InChI is InChI=1S/C20H24N2O4S/c1-13-11-16(25-2)17(26-3)12-14(13)21-19(23)15-7-4-5-9-22(15)20(24)18-8-6-10-27-18/h6,8,10-12,15H,4-5,7,9H2,1-3H3,(H,21,23). The highest BCUT2D eigenvalue weighted by molar-refractivity contribution is 7.12. The number of anilines is 1. The average molecular weight is 388 g/mol. The number of likely N-dealkylation sites (tertiary alicyclic amines) is 1. The van der Waals surface area contributed by atoms with Crippen molar-refractivity contribution in [1.29, 1.82) is 0 Å². The Morgan fingerprint density at radius 3 is 2.59 bits per heavy atom. The van der Waals surface area contributed by atoms with E-state index in [9.17, 15) is 9.59 Å². The second kappa shape index (κ2) is 8.43. The quantitative estimate of drug-likeness (QED) is 0.848. The van der Waals surface area contributed by atoms with Crippen LogP contribution in [0.15, 0.2) is 29.6 Å². The third-order valence-electron chi connectivity index (χ3n) is 4.79. The van der Waals surface area contributed by atoms with Crippen molar-refractivity contribution in [2.45, 2.75) is 32.2 Å². The normalized spacial score (nSPS) is 16.7. The lowest BCUT2D eigenvalue weighted by Crippen LogP contribution is -2.49. The van der Waals surface area contributed by atoms with Gasteiger partial charge in [0.15, 0.2) is 11.5 Å². The van der Waals surface area contributed by atoms with Crippen LogP contribution in [0.1, 0.15) is 34.5 Å². The first-order chi connectivity index (χ1) is 13.0. The Morgan fingerprint density at radius 2 is 1.93 bits per heavy atom. The van der Waals surface area contributed by atoms with E-state index in [0.717, 1.165) is 18.4 Å². The highest BCUT2D eigenvalue weighted by atomic mass is 32.1. The SMILES string of the molecule is COc1cc(C)c(NC(=O)C2CCCCN2C(=O)c2cccs2)cc1OC. The Labute approximate surface area is 163 Å². The number of aryl methyl sites for hydroxylation is 1. The molecular weight excluding hydrogens is 364 g/mol. The minimum absolute atomic E-state index is 0.0751. The fourth-order valence-electron chi connectivity index (χ4n) is 3.32. The fraction of sp³-hybridized carbons (Fsp3) is 0.400. The largest absolute Gasteiger partial charge is 0.493 e. The third-order valence-corrected chi connectivity index (χ3v) is 5.64. The Kier molecular flexibility index (Phi) is 6.01. The molecule has 1 atom stereocenters. The number of ether oxygens (including phenoxy) is 2. The van der Waals surface area contributed by atoms with Crippen LogP contribution in [0.25, 0.3) is 0 Å². The molecule has 1 unspecified atom stereocenters. The van der Waals surface area contributed by atoms with E-state index in [1.165, 1.54) is 11.3 Å². The molecular formula is C20H24N2O4S. The molecule has 0 radical (unpaired) electrons. The fourth-order valence-corrected chi connectivity index (χ4v) is 4.00. The summed E-state index contributed by atoms with van der Waals surface area (Å²) in [5.41, 5.74) is 1.53. The first-order valence-corrected chi connectivity index (χ1v) is 9.81. The van der Waals surface area contributed by atoms with Gasteiger partial charge in [0, 0.05) is 18.3 Å². The number of methoxy groups -OCH3 is 2. The number of rotatable bonds is 5. The van der Waals surface area contributed by atoms with E-state index >= 15 is 0 Å². The minimum Gasteiger partial charge on any atom is -0.493 e. The van der Waals surface area contributed by atoms with Crippen LogP contribution in [0.5, 0.6) is 11.5 Å². The lowest BCUT2D eigenvalue weighted by molar-refractivity contribution is -0.121. The number of hydrogen-bond acceptors (Lipinski definition) is 5. The van der Waals surface area contributed by atoms with Crippen molar-refractivity contribution in [2.24, 2.45) is 0 Å². The number of carbonyl (C=O) groups excluding carboxylic acids is 2. The van der Waals surface area contributed by atoms with E-state index in [1.807, 2.05) is 24.4 Å². The van der Waals surface area contributed by atoms with Gasteiger partial charge >= 0.3 is 0 Å². The van der Waals surface area contributed by atoms with E-state index in [0.29, 0.717) is 35.0 Å². The summed E-state index contributed by atoms with van der Waals surface area (Å²) in [6, 6.07) is 6.75. The van der Waals surface area contributed by atoms with Gasteiger partial charge in [-0.2, -0.15) is 0 Å². The van der Waals surface area contributed by atoms with E-state index in [-0.39, 0.29) is 11.8 Å². The second-order valence-electron chi connectivity index (χ2n) is 6.50. The minimum atomic E-state index is -0.471. The van der Waals surface area contributed by atoms with Crippen molar-refractivity contribution in [3.63, 3.8) is 0 Å². The van der Waals surface area contributed by atoms with Gasteiger partial charge in [-0.3, -0.25) is 9.59 Å². The van der Waals surface area contributed by atoms with Crippen LogP contribution in [0.4, 0.5) is 5.69 Å². The van der Waals surface area contributed by atoms with Crippen LogP contribution in [0.3, 0.4) is 0 Å². The number of carbonyl (C=O) groups is 2. The monoisotopic (exact) mass is 388 g/mol. The zero-order chi connectivity index (χ0) is 19.4. The smallest absolute Gasteiger partial charge is 0.264 e. The first kappa shape index (κ1) is 19.2. The van der Waals surface area contributed by atoms with Crippen molar-refractivity contribution < 1.29 is 19.1 Å². The maximum Gasteiger partial charge on any atom is 0.264 e. The van der Waals surface area contributed by atoms with Crippen molar-refractivity contribution in [1.82, 2.24) is 4.90 Å². The molecule has 1 aliphatic rings. The molecule has 3 rings (SSSR count). The van der Waals surface area contributed by atoms with Gasteiger partial charge < -0.3 is 19.7 Å². The number of hydrogen-bond donors (Lipinski definition) is 1. The average Bonchev–Trinajstić information content (AvgIpc) is 3.23. The first-order valence-electron chi connectivity index (χ1n) is 8.93. The molecule has 144 valence electrons. The Bertz CT molecular complexity index is 820. The molecule has 0 saturated carbocycles. The molecule has 1 N–H and O–H groups in total. The number of benzene rings is 1. The molecule has 2 heterocycles. The highest BCUT2D eigenvalue weighted by Crippen LogP contribution is 2.33. The molecule has 0 spiro atoms. The van der Waals surface area contributed by atoms with Crippen molar-refractivity contribution in [3.8, 4) is 11.5 Å². The molecule has 1 saturated heterocycles. The van der Waals surface area contributed by atoms with Gasteiger partial charge in [0.25, 0.3) is 5.91 Å². The Morgan fingerprint density at radius 1 is 1.19 bits per heavy atom. The zero-order valence-corrected chi connectivity index (χ0v) is 16.6. The molecule has 1 aliphatic heterocycles. The second-order valence-corrected chi connectivity index (χ2v) is 7.45. The molecule has 2 amide bonds. The zero-order valence-electron chi connectivity index (χ0n) is 15.8. The van der Waals surface area contributed by atoms with Gasteiger partial charge in [-0.05, 0) is 49.3 Å². The van der Waals surface area contributed by atoms with Gasteiger partial charge in [0.2, 0.25) is 5.91 Å². The van der Waals surface area contributed by atoms with Crippen LogP contribution < -0.4 is 14.8 Å². The van der Waals surface area contributed by atoms with Crippen molar-refractivity contribution in [2.75, 3.05) is 26.1 Å². The Hall–Kier alpha value is -2.54. The van der Waals surface area contributed by atoms with Gasteiger partial charge in [-0.1, -0.05) is 6.07 Å². The van der Waals surface area contributed by atoms with Gasteiger partial charge in [0.1, 0.15) is 6.04 Å². The van der Waals surface area contributed by atoms with E-state index in [4.69, 9.17) is 9.47 Å². The third kappa shape index (κ3) is 4.08. The van der Waals surface area contributed by atoms with Crippen LogP contribution >= 0.6 is 11.3 Å². The van der Waals surface area contributed by atoms with Gasteiger partial charge in [-0.25, -0.2) is 0 Å². The van der Waals surface area contributed by atoms with Crippen LogP contribution in [-0.4, -0.2) is 43.5 Å². The van der Waals surface area contributed by atoms with Crippen LogP contribution in [0, 0.1) is 6.92 Å². The predicted molar refractivity (Wildman–Crippen MR) is 106 cm³/mol. The van der Waals surface area contributed by atoms with Crippen molar-refractivity contribution >= 4 is 28.8 Å². The summed E-state index contributed by atoms with van der Waals surface area (Å²) < 4.78 is 10.6. The maximum atomic E-state index is 13.0. The molecule has 1 aromatic carbocycles. The highest BCUT2D eigenvalue weighted by Gasteiger charge is 2.33. The maximum absolute atomic E-state index is 13.0. The van der Waals surface area contributed by atoms with E-state index in [2.05, 4.69) is 5.32 Å². The van der Waals surface area contributed by atoms with Crippen molar-refractivity contribution in [3.05, 3.63) is 40.1 Å². The summed E-state index contributed by atoms with van der Waals surface area (Å²) in [5.74, 6) is 0.914. The topological polar surface area (TPSA) is 67.9 Å². The molecule has 27 heavy (non-hydrogen) atoms. The van der Waals surface area contributed by atoms with Gasteiger partial charge in [0.05, 0.1) is 19.1 Å². The number of thiophene rings is 1. The number of nitrogens with one attached hydrogen (secondary N) is 1. The molecule has 1 fully saturated rings. The lowest BCUT2D eigenvalue weighted by Gasteiger charge is -2.34. The van der Waals surface area contributed by atoms with E-state index < -0.39 is 6.04 Å².